The normalized spacial score (nSPS) is 36.9. The monoisotopic (exact) mass is 196 g/mol. The van der Waals surface area contributed by atoms with E-state index >= 15 is 0 Å². The topological polar surface area (TPSA) is 34.1 Å². The average Bonchev–Trinajstić information content (AvgIpc) is 2.09. The maximum Gasteiger partial charge on any atom is 0.151 e. The summed E-state index contributed by atoms with van der Waals surface area (Å²) in [7, 11) is 0. The van der Waals surface area contributed by atoms with Crippen molar-refractivity contribution in [2.75, 3.05) is 0 Å². The van der Waals surface area contributed by atoms with Crippen LogP contribution in [0.2, 0.25) is 0 Å². The van der Waals surface area contributed by atoms with Gasteiger partial charge in [0.2, 0.25) is 0 Å². The van der Waals surface area contributed by atoms with Crippen LogP contribution >= 0.6 is 0 Å². The molecule has 2 heteroatoms. The maximum atomic E-state index is 12.2. The summed E-state index contributed by atoms with van der Waals surface area (Å²) < 4.78 is 0. The minimum atomic E-state index is -0.726. The van der Waals surface area contributed by atoms with Crippen LogP contribution in [0.15, 0.2) is 0 Å². The van der Waals surface area contributed by atoms with Crippen molar-refractivity contribution in [3.05, 3.63) is 0 Å². The Bertz CT molecular complexity index is 278. The third-order valence-corrected chi connectivity index (χ3v) is 4.17. The predicted molar refractivity (Wildman–Crippen MR) is 56.0 cm³/mol. The lowest BCUT2D eigenvalue weighted by Crippen LogP contribution is -2.50. The molecule has 2 nitrogen and oxygen atoms in total. The van der Waals surface area contributed by atoms with Crippen molar-refractivity contribution in [3.63, 3.8) is 0 Å². The highest BCUT2D eigenvalue weighted by Crippen LogP contribution is 2.46. The molecular weight excluding hydrogens is 176 g/mol. The van der Waals surface area contributed by atoms with Crippen LogP contribution in [0.5, 0.6) is 0 Å². The molecule has 0 saturated heterocycles. The maximum absolute atomic E-state index is 12.2. The fourth-order valence-electron chi connectivity index (χ4n) is 2.25. The SMILES string of the molecule is CC(=O)[C@]1(C)CC[C@H](C)C(C)(C)C1=O. The molecule has 1 aliphatic rings. The van der Waals surface area contributed by atoms with Gasteiger partial charge in [0, 0.05) is 5.41 Å². The molecule has 0 radical (unpaired) electrons. The zero-order valence-corrected chi connectivity index (χ0v) is 9.81. The summed E-state index contributed by atoms with van der Waals surface area (Å²) in [5.74, 6) is 0.515. The zero-order chi connectivity index (χ0) is 11.1. The zero-order valence-electron chi connectivity index (χ0n) is 9.81. The summed E-state index contributed by atoms with van der Waals surface area (Å²) in [5, 5.41) is 0. The Labute approximate surface area is 86.1 Å². The van der Waals surface area contributed by atoms with Gasteiger partial charge in [-0.15, -0.1) is 0 Å². The predicted octanol–water partition coefficient (Wildman–Crippen LogP) is 2.61. The Morgan fingerprint density at radius 2 is 1.86 bits per heavy atom. The Kier molecular flexibility index (Phi) is 2.59. The quantitative estimate of drug-likeness (QED) is 0.604. The molecule has 14 heavy (non-hydrogen) atoms. The van der Waals surface area contributed by atoms with Gasteiger partial charge in [-0.2, -0.15) is 0 Å². The van der Waals surface area contributed by atoms with Crippen molar-refractivity contribution >= 4 is 11.6 Å². The Hall–Kier alpha value is -0.660. The van der Waals surface area contributed by atoms with Gasteiger partial charge < -0.3 is 0 Å². The van der Waals surface area contributed by atoms with E-state index in [-0.39, 0.29) is 17.0 Å². The van der Waals surface area contributed by atoms with Crippen molar-refractivity contribution in [2.24, 2.45) is 16.7 Å². The number of Topliss-reactive ketones (excluding diaryl/α,β-unsaturated/α-hetero) is 2. The number of carbonyl (C=O) groups excluding carboxylic acids is 2. The molecule has 0 aromatic heterocycles. The number of carbonyl (C=O) groups is 2. The largest absolute Gasteiger partial charge is 0.299 e. The van der Waals surface area contributed by atoms with Crippen molar-refractivity contribution < 1.29 is 9.59 Å². The number of hydrogen-bond donors (Lipinski definition) is 0. The second-order valence-electron chi connectivity index (χ2n) is 5.38. The van der Waals surface area contributed by atoms with Crippen molar-refractivity contribution in [1.29, 1.82) is 0 Å². The van der Waals surface area contributed by atoms with Crippen molar-refractivity contribution in [3.8, 4) is 0 Å². The Morgan fingerprint density at radius 3 is 2.29 bits per heavy atom. The van der Waals surface area contributed by atoms with E-state index in [0.717, 1.165) is 6.42 Å². The molecule has 80 valence electrons. The molecule has 0 unspecified atom stereocenters. The van der Waals surface area contributed by atoms with Crippen molar-refractivity contribution in [1.82, 2.24) is 0 Å². The van der Waals surface area contributed by atoms with E-state index in [0.29, 0.717) is 12.3 Å². The molecule has 0 aliphatic heterocycles. The molecule has 0 bridgehead atoms. The molecule has 1 rings (SSSR count). The van der Waals surface area contributed by atoms with Crippen molar-refractivity contribution in [2.45, 2.75) is 47.5 Å². The molecule has 2 atom stereocenters. The summed E-state index contributed by atoms with van der Waals surface area (Å²) >= 11 is 0. The standard InChI is InChI=1S/C12H20O2/c1-8-6-7-12(5,9(2)13)10(14)11(8,3)4/h8H,6-7H2,1-5H3/t8-,12-/m0/s1. The van der Waals surface area contributed by atoms with E-state index in [1.54, 1.807) is 6.92 Å². The van der Waals surface area contributed by atoms with E-state index in [9.17, 15) is 9.59 Å². The molecule has 0 aromatic rings. The van der Waals surface area contributed by atoms with Crippen LogP contribution < -0.4 is 0 Å². The summed E-state index contributed by atoms with van der Waals surface area (Å²) in [6.45, 7) is 9.34. The van der Waals surface area contributed by atoms with Gasteiger partial charge in [0.15, 0.2) is 5.78 Å². The first-order valence-electron chi connectivity index (χ1n) is 5.29. The minimum Gasteiger partial charge on any atom is -0.299 e. The van der Waals surface area contributed by atoms with E-state index in [1.807, 2.05) is 13.8 Å². The highest BCUT2D eigenvalue weighted by molar-refractivity contribution is 6.08. The highest BCUT2D eigenvalue weighted by Gasteiger charge is 2.51. The lowest BCUT2D eigenvalue weighted by Gasteiger charge is -2.43. The third-order valence-electron chi connectivity index (χ3n) is 4.17. The first-order valence-corrected chi connectivity index (χ1v) is 5.29. The van der Waals surface area contributed by atoms with Gasteiger partial charge >= 0.3 is 0 Å². The van der Waals surface area contributed by atoms with Gasteiger partial charge in [0.1, 0.15) is 5.78 Å². The van der Waals surface area contributed by atoms with Crippen LogP contribution in [-0.2, 0) is 9.59 Å². The average molecular weight is 196 g/mol. The third kappa shape index (κ3) is 1.41. The molecule has 1 saturated carbocycles. The van der Waals surface area contributed by atoms with Crippen LogP contribution in [0.3, 0.4) is 0 Å². The smallest absolute Gasteiger partial charge is 0.151 e. The van der Waals surface area contributed by atoms with Gasteiger partial charge in [-0.1, -0.05) is 20.8 Å². The highest BCUT2D eigenvalue weighted by atomic mass is 16.2. The van der Waals surface area contributed by atoms with Gasteiger partial charge in [-0.25, -0.2) is 0 Å². The first kappa shape index (κ1) is 11.4. The van der Waals surface area contributed by atoms with Gasteiger partial charge in [-0.05, 0) is 32.6 Å². The molecule has 0 N–H and O–H groups in total. The Balaban J connectivity index is 3.08. The molecule has 1 aliphatic carbocycles. The van der Waals surface area contributed by atoms with Crippen LogP contribution in [0, 0.1) is 16.7 Å². The van der Waals surface area contributed by atoms with Crippen LogP contribution in [0.1, 0.15) is 47.5 Å². The fraction of sp³-hybridized carbons (Fsp3) is 0.833. The second-order valence-corrected chi connectivity index (χ2v) is 5.38. The van der Waals surface area contributed by atoms with Gasteiger partial charge in [-0.3, -0.25) is 9.59 Å². The number of rotatable bonds is 1. The Morgan fingerprint density at radius 1 is 1.36 bits per heavy atom. The lowest BCUT2D eigenvalue weighted by atomic mass is 9.58. The number of ketones is 2. The summed E-state index contributed by atoms with van der Waals surface area (Å²) in [4.78, 5) is 23.7. The summed E-state index contributed by atoms with van der Waals surface area (Å²) in [6, 6.07) is 0. The molecule has 0 spiro atoms. The van der Waals surface area contributed by atoms with Crippen LogP contribution in [0.25, 0.3) is 0 Å². The van der Waals surface area contributed by atoms with Gasteiger partial charge in [0.05, 0.1) is 5.41 Å². The second kappa shape index (κ2) is 3.18. The van der Waals surface area contributed by atoms with E-state index < -0.39 is 5.41 Å². The fourth-order valence-corrected chi connectivity index (χ4v) is 2.25. The molecule has 0 heterocycles. The first-order chi connectivity index (χ1) is 6.23. The lowest BCUT2D eigenvalue weighted by molar-refractivity contribution is -0.151. The summed E-state index contributed by atoms with van der Waals surface area (Å²) in [6.07, 6.45) is 1.68. The van der Waals surface area contributed by atoms with E-state index in [1.165, 1.54) is 6.92 Å². The number of hydrogen-bond acceptors (Lipinski definition) is 2. The molecular formula is C12H20O2. The van der Waals surface area contributed by atoms with Crippen LogP contribution in [-0.4, -0.2) is 11.6 Å². The van der Waals surface area contributed by atoms with E-state index in [2.05, 4.69) is 6.92 Å². The minimum absolute atomic E-state index is 0.0162. The van der Waals surface area contributed by atoms with E-state index in [4.69, 9.17) is 0 Å². The summed E-state index contributed by atoms with van der Waals surface area (Å²) in [5.41, 5.74) is -1.07. The van der Waals surface area contributed by atoms with Gasteiger partial charge in [0.25, 0.3) is 0 Å². The molecule has 0 aromatic carbocycles. The van der Waals surface area contributed by atoms with Crippen LogP contribution in [0.4, 0.5) is 0 Å². The molecule has 1 fully saturated rings. The molecule has 0 amide bonds.